The average molecular weight is 245 g/mol. The summed E-state index contributed by atoms with van der Waals surface area (Å²) in [5.74, 6) is 0.579. The highest BCUT2D eigenvalue weighted by atomic mass is 32.1. The van der Waals surface area contributed by atoms with Crippen molar-refractivity contribution < 1.29 is 0 Å². The van der Waals surface area contributed by atoms with Gasteiger partial charge in [0.2, 0.25) is 0 Å². The molecule has 0 atom stereocenters. The van der Waals surface area contributed by atoms with Crippen molar-refractivity contribution in [3.63, 3.8) is 0 Å². The Hall–Kier alpha value is -1.73. The Morgan fingerprint density at radius 2 is 2.12 bits per heavy atom. The van der Waals surface area contributed by atoms with Gasteiger partial charge in [-0.1, -0.05) is 0 Å². The Morgan fingerprint density at radius 3 is 2.59 bits per heavy atom. The molecule has 0 bridgehead atoms. The summed E-state index contributed by atoms with van der Waals surface area (Å²) in [4.78, 5) is 1.29. The molecule has 0 unspecified atom stereocenters. The summed E-state index contributed by atoms with van der Waals surface area (Å²) in [7, 11) is 0. The number of nitrogen functional groups attached to an aromatic ring is 1. The van der Waals surface area contributed by atoms with Gasteiger partial charge in [0.1, 0.15) is 11.9 Å². The summed E-state index contributed by atoms with van der Waals surface area (Å²) < 4.78 is 2.02. The van der Waals surface area contributed by atoms with E-state index in [4.69, 9.17) is 11.0 Å². The lowest BCUT2D eigenvalue weighted by molar-refractivity contribution is 0.791. The SMILES string of the molecule is Cc1ccsc1Cn1c(C)c(C)c(C#N)c1N. The Bertz CT molecular complexity index is 599. The molecule has 0 fully saturated rings. The second-order valence-corrected chi connectivity index (χ2v) is 5.20. The van der Waals surface area contributed by atoms with E-state index in [1.807, 2.05) is 18.4 Å². The molecule has 0 amide bonds. The van der Waals surface area contributed by atoms with Gasteiger partial charge in [-0.15, -0.1) is 11.3 Å². The van der Waals surface area contributed by atoms with Crippen molar-refractivity contribution in [3.8, 4) is 6.07 Å². The lowest BCUT2D eigenvalue weighted by atomic mass is 10.2. The van der Waals surface area contributed by atoms with Crippen molar-refractivity contribution in [2.24, 2.45) is 0 Å². The van der Waals surface area contributed by atoms with Crippen LogP contribution in [0.2, 0.25) is 0 Å². The van der Waals surface area contributed by atoms with E-state index in [0.717, 1.165) is 17.8 Å². The molecule has 0 aromatic carbocycles. The molecule has 0 saturated carbocycles. The number of hydrogen-bond acceptors (Lipinski definition) is 3. The zero-order valence-electron chi connectivity index (χ0n) is 10.2. The summed E-state index contributed by atoms with van der Waals surface area (Å²) in [5, 5.41) is 11.2. The van der Waals surface area contributed by atoms with Crippen molar-refractivity contribution in [3.05, 3.63) is 38.7 Å². The Kier molecular flexibility index (Phi) is 2.95. The number of nitriles is 1. The molecule has 0 saturated heterocycles. The fraction of sp³-hybridized carbons (Fsp3) is 0.308. The first kappa shape index (κ1) is 11.7. The van der Waals surface area contributed by atoms with Crippen LogP contribution in [0.3, 0.4) is 0 Å². The van der Waals surface area contributed by atoms with E-state index in [1.165, 1.54) is 10.4 Å². The fourth-order valence-electron chi connectivity index (χ4n) is 1.95. The molecule has 0 radical (unpaired) electrons. The van der Waals surface area contributed by atoms with Crippen LogP contribution in [0.1, 0.15) is 27.3 Å². The second kappa shape index (κ2) is 4.27. The first-order valence-electron chi connectivity index (χ1n) is 5.44. The van der Waals surface area contributed by atoms with Crippen LogP contribution >= 0.6 is 11.3 Å². The van der Waals surface area contributed by atoms with Crippen LogP contribution in [0, 0.1) is 32.1 Å². The third-order valence-corrected chi connectivity index (χ3v) is 4.26. The quantitative estimate of drug-likeness (QED) is 0.884. The molecule has 2 N–H and O–H groups in total. The lowest BCUT2D eigenvalue weighted by Gasteiger charge is -2.08. The van der Waals surface area contributed by atoms with Gasteiger partial charge in [0.05, 0.1) is 12.1 Å². The average Bonchev–Trinajstić information content (AvgIpc) is 2.78. The van der Waals surface area contributed by atoms with Crippen LogP contribution in [-0.2, 0) is 6.54 Å². The van der Waals surface area contributed by atoms with E-state index in [-0.39, 0.29) is 0 Å². The van der Waals surface area contributed by atoms with Gasteiger partial charge in [-0.3, -0.25) is 0 Å². The van der Waals surface area contributed by atoms with Crippen LogP contribution in [0.25, 0.3) is 0 Å². The molecule has 0 aliphatic carbocycles. The second-order valence-electron chi connectivity index (χ2n) is 4.20. The highest BCUT2D eigenvalue weighted by molar-refractivity contribution is 7.10. The standard InChI is InChI=1S/C13H15N3S/c1-8-4-5-17-12(8)7-16-10(3)9(2)11(6-14)13(16)15/h4-5H,7,15H2,1-3H3. The van der Waals surface area contributed by atoms with Gasteiger partial charge in [0, 0.05) is 10.6 Å². The monoisotopic (exact) mass is 245 g/mol. The molecular weight excluding hydrogens is 230 g/mol. The Balaban J connectivity index is 2.48. The third kappa shape index (κ3) is 1.83. The number of aromatic nitrogens is 1. The van der Waals surface area contributed by atoms with Crippen molar-refractivity contribution >= 4 is 17.2 Å². The molecule has 0 spiro atoms. The summed E-state index contributed by atoms with van der Waals surface area (Å²) in [6, 6.07) is 4.28. The van der Waals surface area contributed by atoms with Gasteiger partial charge in [-0.05, 0) is 43.3 Å². The number of hydrogen-bond donors (Lipinski definition) is 1. The van der Waals surface area contributed by atoms with Gasteiger partial charge in [-0.2, -0.15) is 5.26 Å². The molecule has 4 heteroatoms. The van der Waals surface area contributed by atoms with Crippen LogP contribution < -0.4 is 5.73 Å². The van der Waals surface area contributed by atoms with Crippen LogP contribution in [0.15, 0.2) is 11.4 Å². The first-order chi connectivity index (χ1) is 8.06. The normalized spacial score (nSPS) is 10.5. The van der Waals surface area contributed by atoms with Gasteiger partial charge < -0.3 is 10.3 Å². The van der Waals surface area contributed by atoms with E-state index in [2.05, 4.69) is 24.4 Å². The predicted octanol–water partition coefficient (Wildman–Crippen LogP) is 2.98. The minimum Gasteiger partial charge on any atom is -0.384 e. The number of nitrogens with two attached hydrogens (primary N) is 1. The van der Waals surface area contributed by atoms with E-state index >= 15 is 0 Å². The van der Waals surface area contributed by atoms with Crippen molar-refractivity contribution in [2.75, 3.05) is 5.73 Å². The molecule has 17 heavy (non-hydrogen) atoms. The summed E-state index contributed by atoms with van der Waals surface area (Å²) >= 11 is 1.73. The molecule has 0 aliphatic rings. The maximum atomic E-state index is 9.08. The number of anilines is 1. The fourth-order valence-corrected chi connectivity index (χ4v) is 2.84. The number of thiophene rings is 1. The molecule has 0 aliphatic heterocycles. The Labute approximate surface area is 105 Å². The van der Waals surface area contributed by atoms with E-state index in [9.17, 15) is 0 Å². The maximum absolute atomic E-state index is 9.08. The van der Waals surface area contributed by atoms with Gasteiger partial charge >= 0.3 is 0 Å². The molecule has 2 heterocycles. The third-order valence-electron chi connectivity index (χ3n) is 3.25. The van der Waals surface area contributed by atoms with Crippen LogP contribution in [-0.4, -0.2) is 4.57 Å². The summed E-state index contributed by atoms with van der Waals surface area (Å²) in [6.45, 7) is 6.81. The zero-order chi connectivity index (χ0) is 12.6. The van der Waals surface area contributed by atoms with Crippen LogP contribution in [0.5, 0.6) is 0 Å². The molecule has 88 valence electrons. The maximum Gasteiger partial charge on any atom is 0.122 e. The number of rotatable bonds is 2. The number of aryl methyl sites for hydroxylation is 1. The smallest absolute Gasteiger partial charge is 0.122 e. The van der Waals surface area contributed by atoms with Crippen molar-refractivity contribution in [1.29, 1.82) is 5.26 Å². The Morgan fingerprint density at radius 1 is 1.41 bits per heavy atom. The largest absolute Gasteiger partial charge is 0.384 e. The van der Waals surface area contributed by atoms with Gasteiger partial charge in [-0.25, -0.2) is 0 Å². The molecule has 2 aromatic heterocycles. The topological polar surface area (TPSA) is 54.7 Å². The summed E-state index contributed by atoms with van der Waals surface area (Å²) in [5.41, 5.74) is 9.97. The highest BCUT2D eigenvalue weighted by Gasteiger charge is 2.15. The molecule has 2 aromatic rings. The van der Waals surface area contributed by atoms with Gasteiger partial charge in [0.15, 0.2) is 0 Å². The van der Waals surface area contributed by atoms with Crippen molar-refractivity contribution in [1.82, 2.24) is 4.57 Å². The first-order valence-corrected chi connectivity index (χ1v) is 6.32. The van der Waals surface area contributed by atoms with E-state index in [0.29, 0.717) is 11.4 Å². The zero-order valence-corrected chi connectivity index (χ0v) is 11.1. The van der Waals surface area contributed by atoms with E-state index < -0.39 is 0 Å². The lowest BCUT2D eigenvalue weighted by Crippen LogP contribution is -2.06. The molecule has 2 rings (SSSR count). The predicted molar refractivity (Wildman–Crippen MR) is 71.2 cm³/mol. The minimum absolute atomic E-state index is 0.579. The molecular formula is C13H15N3S. The van der Waals surface area contributed by atoms with Crippen molar-refractivity contribution in [2.45, 2.75) is 27.3 Å². The number of nitrogens with zero attached hydrogens (tertiary/aromatic N) is 2. The van der Waals surface area contributed by atoms with Gasteiger partial charge in [0.25, 0.3) is 0 Å². The molecule has 3 nitrogen and oxygen atoms in total. The highest BCUT2D eigenvalue weighted by Crippen LogP contribution is 2.26. The van der Waals surface area contributed by atoms with E-state index in [1.54, 1.807) is 11.3 Å². The summed E-state index contributed by atoms with van der Waals surface area (Å²) in [6.07, 6.45) is 0. The van der Waals surface area contributed by atoms with Crippen LogP contribution in [0.4, 0.5) is 5.82 Å². The minimum atomic E-state index is 0.579.